The number of aryl methyl sites for hydroxylation is 2. The van der Waals surface area contributed by atoms with Crippen molar-refractivity contribution in [3.8, 4) is 0 Å². The van der Waals surface area contributed by atoms with E-state index in [0.29, 0.717) is 0 Å². The molecule has 0 spiro atoms. The van der Waals surface area contributed by atoms with Gasteiger partial charge < -0.3 is 0 Å². The van der Waals surface area contributed by atoms with E-state index < -0.39 is 18.4 Å². The minimum atomic E-state index is -1.79. The monoisotopic (exact) mass is 270 g/mol. The summed E-state index contributed by atoms with van der Waals surface area (Å²) < 4.78 is 1.63. The summed E-state index contributed by atoms with van der Waals surface area (Å²) in [6.45, 7) is 4.38. The normalized spacial score (nSPS) is 11.8. The van der Waals surface area contributed by atoms with Gasteiger partial charge in [0.2, 0.25) is 0 Å². The van der Waals surface area contributed by atoms with E-state index in [0.717, 1.165) is 0 Å². The zero-order valence-electron chi connectivity index (χ0n) is 8.73. The third-order valence-electron chi connectivity index (χ3n) is 2.37. The topological polar surface area (TPSA) is 0 Å². The maximum atomic E-state index is 2.46. The molecule has 1 aromatic rings. The Morgan fingerprint density at radius 3 is 1.92 bits per heavy atom. The molecule has 0 N–H and O–H groups in total. The summed E-state index contributed by atoms with van der Waals surface area (Å²) in [5, 5.41) is 0. The molecule has 0 aromatic heterocycles. The van der Waals surface area contributed by atoms with Gasteiger partial charge in [-0.3, -0.25) is 0 Å². The molecule has 66 valence electrons. The van der Waals surface area contributed by atoms with Crippen molar-refractivity contribution in [1.29, 1.82) is 0 Å². The van der Waals surface area contributed by atoms with Crippen LogP contribution < -0.4 is 3.58 Å². The van der Waals surface area contributed by atoms with Gasteiger partial charge in [0.25, 0.3) is 0 Å². The fourth-order valence-corrected chi connectivity index (χ4v) is 4.73. The Labute approximate surface area is 79.9 Å². The second-order valence-corrected chi connectivity index (χ2v) is 19.0. The number of rotatable bonds is 1. The van der Waals surface area contributed by atoms with Crippen LogP contribution in [-0.2, 0) is 0 Å². The fraction of sp³-hybridized carbons (Fsp3) is 0.455. The zero-order chi connectivity index (χ0) is 9.35. The van der Waals surface area contributed by atoms with Gasteiger partial charge in [0.05, 0.1) is 0 Å². The summed E-state index contributed by atoms with van der Waals surface area (Å²) in [6, 6.07) is 6.96. The van der Waals surface area contributed by atoms with Crippen molar-refractivity contribution < 1.29 is 0 Å². The van der Waals surface area contributed by atoms with E-state index in [1.807, 2.05) is 0 Å². The van der Waals surface area contributed by atoms with Gasteiger partial charge in [-0.15, -0.1) is 0 Å². The average Bonchev–Trinajstić information content (AvgIpc) is 1.92. The van der Waals surface area contributed by atoms with E-state index in [-0.39, 0.29) is 0 Å². The van der Waals surface area contributed by atoms with Crippen LogP contribution in [0.1, 0.15) is 11.1 Å². The zero-order valence-corrected chi connectivity index (χ0v) is 11.6. The van der Waals surface area contributed by atoms with Crippen LogP contribution in [0.3, 0.4) is 0 Å². The van der Waals surface area contributed by atoms with Crippen LogP contribution in [0.25, 0.3) is 0 Å². The van der Waals surface area contributed by atoms with Crippen molar-refractivity contribution in [2.75, 3.05) is 0 Å². The first-order valence-electron chi connectivity index (χ1n) is 4.49. The number of benzene rings is 1. The Bertz CT molecular complexity index is 282. The maximum absolute atomic E-state index is 2.46. The summed E-state index contributed by atoms with van der Waals surface area (Å²) in [7, 11) is 0. The van der Waals surface area contributed by atoms with E-state index in [4.69, 9.17) is 0 Å². The SMILES string of the molecule is Cc1cc[c]([Sn]([CH3])([CH3])[CH3])cc1C. The van der Waals surface area contributed by atoms with E-state index in [2.05, 4.69) is 46.9 Å². The predicted octanol–water partition coefficient (Wildman–Crippen LogP) is 2.85. The second-order valence-electron chi connectivity index (χ2n) is 4.55. The summed E-state index contributed by atoms with van der Waals surface area (Å²) >= 11 is -1.79. The Morgan fingerprint density at radius 1 is 0.917 bits per heavy atom. The Balaban J connectivity index is 3.14. The molecule has 0 atom stereocenters. The standard InChI is InChI=1S/C8H9.3CH3.Sn/c1-7-5-3-4-6-8(7)2;;;;/h3,5-6H,1-2H3;3*1H3;. The molecule has 1 heteroatoms. The molecule has 0 amide bonds. The molecule has 0 saturated carbocycles. The molecule has 0 saturated heterocycles. The molecule has 0 radical (unpaired) electrons. The van der Waals surface area contributed by atoms with Crippen LogP contribution in [0.15, 0.2) is 18.2 Å². The molecule has 0 aliphatic carbocycles. The average molecular weight is 269 g/mol. The number of hydrogen-bond donors (Lipinski definition) is 0. The van der Waals surface area contributed by atoms with Gasteiger partial charge in [-0.25, -0.2) is 0 Å². The Morgan fingerprint density at radius 2 is 1.50 bits per heavy atom. The molecule has 0 nitrogen and oxygen atoms in total. The molecule has 0 unspecified atom stereocenters. The Kier molecular flexibility index (Phi) is 2.87. The van der Waals surface area contributed by atoms with Gasteiger partial charge in [0.15, 0.2) is 0 Å². The van der Waals surface area contributed by atoms with Crippen molar-refractivity contribution in [2.45, 2.75) is 28.7 Å². The first kappa shape index (κ1) is 10.1. The molecule has 0 bridgehead atoms. The van der Waals surface area contributed by atoms with Gasteiger partial charge >= 0.3 is 79.9 Å². The summed E-state index contributed by atoms with van der Waals surface area (Å²) in [4.78, 5) is 7.37. The van der Waals surface area contributed by atoms with Crippen LogP contribution in [0, 0.1) is 13.8 Å². The first-order chi connectivity index (χ1) is 5.41. The molecule has 0 aliphatic rings. The summed E-state index contributed by atoms with van der Waals surface area (Å²) in [6.07, 6.45) is 0. The first-order valence-corrected chi connectivity index (χ1v) is 14.5. The van der Waals surface area contributed by atoms with Gasteiger partial charge in [0, 0.05) is 0 Å². The van der Waals surface area contributed by atoms with Gasteiger partial charge in [0.1, 0.15) is 0 Å². The van der Waals surface area contributed by atoms with Crippen LogP contribution in [-0.4, -0.2) is 18.4 Å². The van der Waals surface area contributed by atoms with Crippen molar-refractivity contribution in [1.82, 2.24) is 0 Å². The molecule has 12 heavy (non-hydrogen) atoms. The molecular formula is C11H18Sn. The molecule has 1 rings (SSSR count). The molecule has 0 heterocycles. The second kappa shape index (κ2) is 3.41. The molecule has 1 aromatic carbocycles. The quantitative estimate of drug-likeness (QED) is 0.688. The summed E-state index contributed by atoms with van der Waals surface area (Å²) in [5.74, 6) is 0. The van der Waals surface area contributed by atoms with Crippen molar-refractivity contribution in [2.24, 2.45) is 0 Å². The predicted molar refractivity (Wildman–Crippen MR) is 58.9 cm³/mol. The third-order valence-corrected chi connectivity index (χ3v) is 8.20. The van der Waals surface area contributed by atoms with Crippen LogP contribution in [0.5, 0.6) is 0 Å². The van der Waals surface area contributed by atoms with Crippen LogP contribution in [0.4, 0.5) is 0 Å². The van der Waals surface area contributed by atoms with Crippen molar-refractivity contribution in [3.63, 3.8) is 0 Å². The van der Waals surface area contributed by atoms with E-state index in [1.165, 1.54) is 11.1 Å². The van der Waals surface area contributed by atoms with Crippen molar-refractivity contribution >= 4 is 22.0 Å². The minimum absolute atomic E-state index is 1.41. The van der Waals surface area contributed by atoms with E-state index in [9.17, 15) is 0 Å². The van der Waals surface area contributed by atoms with E-state index >= 15 is 0 Å². The van der Waals surface area contributed by atoms with Gasteiger partial charge in [-0.2, -0.15) is 0 Å². The van der Waals surface area contributed by atoms with Crippen LogP contribution in [0.2, 0.25) is 14.8 Å². The van der Waals surface area contributed by atoms with E-state index in [1.54, 1.807) is 3.58 Å². The molecule has 0 fully saturated rings. The molecule has 0 aliphatic heterocycles. The third kappa shape index (κ3) is 2.25. The number of hydrogen-bond acceptors (Lipinski definition) is 0. The van der Waals surface area contributed by atoms with Crippen LogP contribution >= 0.6 is 0 Å². The molecular weight excluding hydrogens is 251 g/mol. The van der Waals surface area contributed by atoms with Gasteiger partial charge in [-0.1, -0.05) is 0 Å². The van der Waals surface area contributed by atoms with Gasteiger partial charge in [-0.05, 0) is 0 Å². The summed E-state index contributed by atoms with van der Waals surface area (Å²) in [5.41, 5.74) is 2.86. The fourth-order valence-electron chi connectivity index (χ4n) is 1.21. The Hall–Kier alpha value is 0.0187. The van der Waals surface area contributed by atoms with Crippen molar-refractivity contribution in [3.05, 3.63) is 29.3 Å².